The number of fused-ring (bicyclic) bond motifs is 1. The first-order chi connectivity index (χ1) is 8.75. The van der Waals surface area contributed by atoms with Crippen LogP contribution in [0.3, 0.4) is 0 Å². The Kier molecular flexibility index (Phi) is 2.30. The van der Waals surface area contributed by atoms with E-state index in [0.717, 1.165) is 0 Å². The van der Waals surface area contributed by atoms with Crippen LogP contribution in [0.2, 0.25) is 0 Å². The Bertz CT molecular complexity index is 734. The number of furan rings is 1. The molecule has 0 aliphatic carbocycles. The van der Waals surface area contributed by atoms with Crippen molar-refractivity contribution in [3.63, 3.8) is 0 Å². The summed E-state index contributed by atoms with van der Waals surface area (Å²) in [4.78, 5) is 19.3. The summed E-state index contributed by atoms with van der Waals surface area (Å²) in [6, 6.07) is 6.52. The lowest BCUT2D eigenvalue weighted by molar-refractivity contribution is 0.0697. The number of aromatic carboxylic acids is 1. The number of rotatable bonds is 2. The highest BCUT2D eigenvalue weighted by molar-refractivity contribution is 5.92. The van der Waals surface area contributed by atoms with Gasteiger partial charge >= 0.3 is 5.97 Å². The van der Waals surface area contributed by atoms with Crippen LogP contribution in [0.5, 0.6) is 0 Å². The van der Waals surface area contributed by atoms with Crippen molar-refractivity contribution in [1.29, 1.82) is 0 Å². The van der Waals surface area contributed by atoms with Crippen LogP contribution in [-0.4, -0.2) is 21.0 Å². The van der Waals surface area contributed by atoms with Crippen LogP contribution in [0, 0.1) is 0 Å². The van der Waals surface area contributed by atoms with Gasteiger partial charge in [0.2, 0.25) is 0 Å². The molecule has 0 amide bonds. The monoisotopic (exact) mass is 240 g/mol. The lowest BCUT2D eigenvalue weighted by Crippen LogP contribution is -1.97. The predicted octanol–water partition coefficient (Wildman–Crippen LogP) is 2.59. The molecule has 0 aliphatic heterocycles. The van der Waals surface area contributed by atoms with Crippen LogP contribution < -0.4 is 0 Å². The molecule has 3 aromatic rings. The molecule has 0 saturated carbocycles. The maximum atomic E-state index is 10.9. The number of carboxylic acid groups (broad SMARTS) is 1. The topological polar surface area (TPSA) is 76.2 Å². The molecule has 88 valence electrons. The summed E-state index contributed by atoms with van der Waals surface area (Å²) < 4.78 is 5.35. The molecule has 0 radical (unpaired) electrons. The summed E-state index contributed by atoms with van der Waals surface area (Å²) in [6.07, 6.45) is 4.65. The van der Waals surface area contributed by atoms with Gasteiger partial charge in [0.1, 0.15) is 11.8 Å². The van der Waals surface area contributed by atoms with Crippen LogP contribution in [0.15, 0.2) is 47.3 Å². The van der Waals surface area contributed by atoms with E-state index in [9.17, 15) is 4.79 Å². The van der Waals surface area contributed by atoms with E-state index in [1.54, 1.807) is 18.3 Å². The smallest absolute Gasteiger partial charge is 0.335 e. The van der Waals surface area contributed by atoms with E-state index in [4.69, 9.17) is 9.52 Å². The second kappa shape index (κ2) is 3.96. The summed E-state index contributed by atoms with van der Waals surface area (Å²) in [5, 5.41) is 8.95. The molecule has 0 aromatic carbocycles. The van der Waals surface area contributed by atoms with Crippen molar-refractivity contribution in [2.24, 2.45) is 0 Å². The van der Waals surface area contributed by atoms with Gasteiger partial charge in [-0.2, -0.15) is 0 Å². The van der Waals surface area contributed by atoms with E-state index in [-0.39, 0.29) is 5.56 Å². The average Bonchev–Trinajstić information content (AvgIpc) is 2.82. The highest BCUT2D eigenvalue weighted by atomic mass is 16.4. The molecule has 0 spiro atoms. The summed E-state index contributed by atoms with van der Waals surface area (Å²) in [6.45, 7) is 0. The highest BCUT2D eigenvalue weighted by Crippen LogP contribution is 2.27. The number of carboxylic acids is 1. The van der Waals surface area contributed by atoms with E-state index in [1.165, 1.54) is 24.6 Å². The van der Waals surface area contributed by atoms with Gasteiger partial charge < -0.3 is 9.52 Å². The van der Waals surface area contributed by atoms with Crippen molar-refractivity contribution < 1.29 is 14.3 Å². The predicted molar refractivity (Wildman–Crippen MR) is 64.2 cm³/mol. The molecule has 0 fully saturated rings. The maximum Gasteiger partial charge on any atom is 0.335 e. The van der Waals surface area contributed by atoms with Crippen LogP contribution in [0.1, 0.15) is 10.4 Å². The largest absolute Gasteiger partial charge is 0.478 e. The van der Waals surface area contributed by atoms with Gasteiger partial charge in [0.25, 0.3) is 0 Å². The van der Waals surface area contributed by atoms with E-state index in [2.05, 4.69) is 9.97 Å². The number of hydrogen-bond donors (Lipinski definition) is 1. The second-order valence-corrected chi connectivity index (χ2v) is 3.73. The number of aromatic nitrogens is 2. The maximum absolute atomic E-state index is 10.9. The molecule has 0 atom stereocenters. The van der Waals surface area contributed by atoms with Crippen molar-refractivity contribution in [2.75, 3.05) is 0 Å². The first-order valence-corrected chi connectivity index (χ1v) is 5.27. The molecule has 3 heterocycles. The fourth-order valence-electron chi connectivity index (χ4n) is 1.76. The van der Waals surface area contributed by atoms with Crippen molar-refractivity contribution >= 4 is 17.1 Å². The lowest BCUT2D eigenvalue weighted by atomic mass is 10.1. The van der Waals surface area contributed by atoms with Crippen molar-refractivity contribution in [3.8, 4) is 11.3 Å². The minimum Gasteiger partial charge on any atom is -0.478 e. The van der Waals surface area contributed by atoms with Gasteiger partial charge in [-0.15, -0.1) is 0 Å². The van der Waals surface area contributed by atoms with E-state index < -0.39 is 5.97 Å². The Morgan fingerprint density at radius 1 is 1.22 bits per heavy atom. The van der Waals surface area contributed by atoms with E-state index in [1.807, 2.05) is 0 Å². The molecule has 0 aliphatic rings. The van der Waals surface area contributed by atoms with Crippen molar-refractivity contribution in [3.05, 3.63) is 48.5 Å². The van der Waals surface area contributed by atoms with Gasteiger partial charge in [0, 0.05) is 12.4 Å². The molecule has 3 aromatic heterocycles. The number of carbonyl (C=O) groups is 1. The Morgan fingerprint density at radius 3 is 2.94 bits per heavy atom. The van der Waals surface area contributed by atoms with Gasteiger partial charge in [-0.1, -0.05) is 0 Å². The zero-order chi connectivity index (χ0) is 12.5. The summed E-state index contributed by atoms with van der Waals surface area (Å²) >= 11 is 0. The molecular weight excluding hydrogens is 232 g/mol. The van der Waals surface area contributed by atoms with Gasteiger partial charge in [-0.3, -0.25) is 9.97 Å². The zero-order valence-corrected chi connectivity index (χ0v) is 9.20. The third-order valence-electron chi connectivity index (χ3n) is 2.61. The third-order valence-corrected chi connectivity index (χ3v) is 2.61. The van der Waals surface area contributed by atoms with E-state index in [0.29, 0.717) is 22.4 Å². The first-order valence-electron chi connectivity index (χ1n) is 5.27. The molecule has 0 unspecified atom stereocenters. The summed E-state index contributed by atoms with van der Waals surface area (Å²) in [7, 11) is 0. The molecular formula is C13H8N2O3. The normalized spacial score (nSPS) is 10.7. The van der Waals surface area contributed by atoms with Crippen LogP contribution in [-0.2, 0) is 0 Å². The number of hydrogen-bond acceptors (Lipinski definition) is 4. The first kappa shape index (κ1) is 10.5. The van der Waals surface area contributed by atoms with Gasteiger partial charge in [0.15, 0.2) is 5.58 Å². The quantitative estimate of drug-likeness (QED) is 0.745. The second-order valence-electron chi connectivity index (χ2n) is 3.73. The third kappa shape index (κ3) is 1.62. The summed E-state index contributed by atoms with van der Waals surface area (Å²) in [5.41, 5.74) is 2.73. The molecule has 0 bridgehead atoms. The van der Waals surface area contributed by atoms with Crippen molar-refractivity contribution in [1.82, 2.24) is 9.97 Å². The number of nitrogens with zero attached hydrogens (tertiary/aromatic N) is 2. The molecule has 3 rings (SSSR count). The molecule has 5 nitrogen and oxygen atoms in total. The van der Waals surface area contributed by atoms with Crippen molar-refractivity contribution in [2.45, 2.75) is 0 Å². The molecule has 1 N–H and O–H groups in total. The Morgan fingerprint density at radius 2 is 2.11 bits per heavy atom. The minimum atomic E-state index is -0.987. The molecule has 18 heavy (non-hydrogen) atoms. The highest BCUT2D eigenvalue weighted by Gasteiger charge is 2.12. The average molecular weight is 240 g/mol. The minimum absolute atomic E-state index is 0.185. The fraction of sp³-hybridized carbons (Fsp3) is 0. The van der Waals surface area contributed by atoms with Crippen LogP contribution in [0.25, 0.3) is 22.4 Å². The Hall–Kier alpha value is -2.69. The lowest BCUT2D eigenvalue weighted by Gasteiger charge is -1.98. The molecule has 5 heteroatoms. The Labute approximate surface area is 102 Å². The fourth-order valence-corrected chi connectivity index (χ4v) is 1.76. The zero-order valence-electron chi connectivity index (χ0n) is 9.20. The van der Waals surface area contributed by atoms with Crippen LogP contribution in [0.4, 0.5) is 0 Å². The van der Waals surface area contributed by atoms with Crippen LogP contribution >= 0.6 is 0 Å². The SMILES string of the molecule is O=C(O)c1ccnc(-c2coc3cccnc23)c1. The number of pyridine rings is 2. The summed E-state index contributed by atoms with van der Waals surface area (Å²) in [5.74, 6) is -0.987. The van der Waals surface area contributed by atoms with E-state index >= 15 is 0 Å². The van der Waals surface area contributed by atoms with Gasteiger partial charge in [-0.25, -0.2) is 4.79 Å². The molecule has 0 saturated heterocycles. The van der Waals surface area contributed by atoms with Gasteiger partial charge in [-0.05, 0) is 24.3 Å². The Balaban J connectivity index is 2.20. The van der Waals surface area contributed by atoms with Gasteiger partial charge in [0.05, 0.1) is 16.8 Å². The standard InChI is InChI=1S/C13H8N2O3/c16-13(17)8-3-5-14-10(6-8)9-7-18-11-2-1-4-15-12(9)11/h1-7H,(H,16,17).